The molecule has 0 aliphatic carbocycles. The number of rotatable bonds is 3. The molecule has 1 atom stereocenters. The van der Waals surface area contributed by atoms with Gasteiger partial charge in [0.15, 0.2) is 11.6 Å². The summed E-state index contributed by atoms with van der Waals surface area (Å²) in [7, 11) is 0. The van der Waals surface area contributed by atoms with E-state index in [0.717, 1.165) is 6.07 Å². The van der Waals surface area contributed by atoms with Crippen molar-refractivity contribution in [1.82, 2.24) is 0 Å². The van der Waals surface area contributed by atoms with Gasteiger partial charge in [-0.25, -0.2) is 13.2 Å². The molecule has 0 saturated heterocycles. The van der Waals surface area contributed by atoms with Crippen molar-refractivity contribution in [2.75, 3.05) is 0 Å². The van der Waals surface area contributed by atoms with E-state index in [9.17, 15) is 18.3 Å². The van der Waals surface area contributed by atoms with Gasteiger partial charge >= 0.3 is 0 Å². The summed E-state index contributed by atoms with van der Waals surface area (Å²) < 4.78 is 39.3. The second kappa shape index (κ2) is 6.16. The van der Waals surface area contributed by atoms with Crippen LogP contribution in [-0.4, -0.2) is 5.11 Å². The Hall–Kier alpha value is -1.04. The Morgan fingerprint density at radius 2 is 1.75 bits per heavy atom. The third kappa shape index (κ3) is 3.16. The first-order valence-electron chi connectivity index (χ1n) is 5.65. The van der Waals surface area contributed by atoms with E-state index in [1.165, 1.54) is 24.3 Å². The van der Waals surface area contributed by atoms with E-state index in [4.69, 9.17) is 11.6 Å². The first-order valence-corrected chi connectivity index (χ1v) is 6.82. The zero-order valence-corrected chi connectivity index (χ0v) is 12.4. The molecular formula is C14H9BrClF3O. The normalized spacial score (nSPS) is 12.5. The number of aliphatic hydroxyl groups is 1. The predicted octanol–water partition coefficient (Wildman–Crippen LogP) is 4.80. The van der Waals surface area contributed by atoms with Crippen LogP contribution in [0.1, 0.15) is 17.2 Å². The van der Waals surface area contributed by atoms with Crippen LogP contribution >= 0.6 is 27.5 Å². The summed E-state index contributed by atoms with van der Waals surface area (Å²) in [6.45, 7) is 0. The van der Waals surface area contributed by atoms with E-state index in [1.54, 1.807) is 0 Å². The minimum atomic E-state index is -1.07. The standard InChI is InChI=1S/C14H9BrClF3O/c15-13-8(2-4-11(18)14(13)19)12(20)6-7-1-3-10(17)9(16)5-7/h1-5,12,20H,6H2. The minimum absolute atomic E-state index is 0.0564. The molecule has 0 spiro atoms. The highest BCUT2D eigenvalue weighted by molar-refractivity contribution is 9.10. The molecule has 0 aromatic heterocycles. The Balaban J connectivity index is 2.26. The fraction of sp³-hybridized carbons (Fsp3) is 0.143. The topological polar surface area (TPSA) is 20.2 Å². The number of hydrogen-bond donors (Lipinski definition) is 1. The van der Waals surface area contributed by atoms with Gasteiger partial charge in [-0.05, 0) is 45.3 Å². The van der Waals surface area contributed by atoms with Gasteiger partial charge in [0.2, 0.25) is 0 Å². The summed E-state index contributed by atoms with van der Waals surface area (Å²) >= 11 is 8.56. The van der Waals surface area contributed by atoms with Crippen LogP contribution in [0.2, 0.25) is 5.02 Å². The molecule has 0 aliphatic rings. The van der Waals surface area contributed by atoms with E-state index >= 15 is 0 Å². The fourth-order valence-corrected chi connectivity index (χ4v) is 2.59. The van der Waals surface area contributed by atoms with Gasteiger partial charge in [-0.1, -0.05) is 23.7 Å². The molecule has 6 heteroatoms. The SMILES string of the molecule is OC(Cc1ccc(F)c(Cl)c1)c1ccc(F)c(F)c1Br. The van der Waals surface area contributed by atoms with Gasteiger partial charge in [0.05, 0.1) is 15.6 Å². The Morgan fingerprint density at radius 1 is 1.10 bits per heavy atom. The molecule has 0 radical (unpaired) electrons. The lowest BCUT2D eigenvalue weighted by molar-refractivity contribution is 0.177. The van der Waals surface area contributed by atoms with Crippen molar-refractivity contribution in [3.05, 3.63) is 68.4 Å². The first kappa shape index (κ1) is 15.4. The van der Waals surface area contributed by atoms with Gasteiger partial charge < -0.3 is 5.11 Å². The van der Waals surface area contributed by atoms with Crippen LogP contribution in [0.5, 0.6) is 0 Å². The maximum absolute atomic E-state index is 13.4. The van der Waals surface area contributed by atoms with Crippen molar-refractivity contribution in [2.45, 2.75) is 12.5 Å². The van der Waals surface area contributed by atoms with Crippen LogP contribution in [-0.2, 0) is 6.42 Å². The Morgan fingerprint density at radius 3 is 2.40 bits per heavy atom. The Labute approximate surface area is 127 Å². The van der Waals surface area contributed by atoms with Crippen LogP contribution in [0.15, 0.2) is 34.8 Å². The minimum Gasteiger partial charge on any atom is -0.388 e. The molecular weight excluding hydrogens is 357 g/mol. The van der Waals surface area contributed by atoms with Crippen molar-refractivity contribution >= 4 is 27.5 Å². The Kier molecular flexibility index (Phi) is 4.73. The molecule has 106 valence electrons. The molecule has 1 unspecified atom stereocenters. The van der Waals surface area contributed by atoms with E-state index in [2.05, 4.69) is 15.9 Å². The summed E-state index contributed by atoms with van der Waals surface area (Å²) in [5.41, 5.74) is 0.796. The summed E-state index contributed by atoms with van der Waals surface area (Å²) in [4.78, 5) is 0. The molecule has 2 rings (SSSR count). The number of halogens is 5. The third-order valence-corrected chi connectivity index (χ3v) is 3.93. The van der Waals surface area contributed by atoms with Gasteiger partial charge in [0, 0.05) is 6.42 Å². The zero-order chi connectivity index (χ0) is 14.9. The zero-order valence-electron chi connectivity index (χ0n) is 10.0. The Bertz CT molecular complexity index is 649. The monoisotopic (exact) mass is 364 g/mol. The van der Waals surface area contributed by atoms with Crippen LogP contribution < -0.4 is 0 Å². The number of aliphatic hydroxyl groups excluding tert-OH is 1. The molecule has 2 aromatic carbocycles. The predicted molar refractivity (Wildman–Crippen MR) is 74.1 cm³/mol. The number of benzene rings is 2. The lowest BCUT2D eigenvalue weighted by Gasteiger charge is -2.14. The van der Waals surface area contributed by atoms with Gasteiger partial charge in [-0.15, -0.1) is 0 Å². The van der Waals surface area contributed by atoms with Crippen LogP contribution in [0.25, 0.3) is 0 Å². The second-order valence-corrected chi connectivity index (χ2v) is 5.43. The third-order valence-electron chi connectivity index (χ3n) is 2.84. The largest absolute Gasteiger partial charge is 0.388 e. The summed E-state index contributed by atoms with van der Waals surface area (Å²) in [5, 5.41) is 10.0. The van der Waals surface area contributed by atoms with E-state index in [1.807, 2.05) is 0 Å². The van der Waals surface area contributed by atoms with Crippen molar-refractivity contribution in [2.24, 2.45) is 0 Å². The molecule has 0 heterocycles. The van der Waals surface area contributed by atoms with Crippen molar-refractivity contribution < 1.29 is 18.3 Å². The lowest BCUT2D eigenvalue weighted by Crippen LogP contribution is -2.05. The van der Waals surface area contributed by atoms with Gasteiger partial charge in [-0.3, -0.25) is 0 Å². The smallest absolute Gasteiger partial charge is 0.173 e. The van der Waals surface area contributed by atoms with Crippen LogP contribution in [0.4, 0.5) is 13.2 Å². The molecule has 0 fully saturated rings. The fourth-order valence-electron chi connectivity index (χ4n) is 1.80. The van der Waals surface area contributed by atoms with Crippen molar-refractivity contribution in [3.8, 4) is 0 Å². The van der Waals surface area contributed by atoms with E-state index in [0.29, 0.717) is 5.56 Å². The molecule has 2 aromatic rings. The van der Waals surface area contributed by atoms with Gasteiger partial charge in [0.1, 0.15) is 5.82 Å². The van der Waals surface area contributed by atoms with E-state index < -0.39 is 23.6 Å². The summed E-state index contributed by atoms with van der Waals surface area (Å²) in [6, 6.07) is 6.27. The molecule has 20 heavy (non-hydrogen) atoms. The van der Waals surface area contributed by atoms with E-state index in [-0.39, 0.29) is 21.5 Å². The highest BCUT2D eigenvalue weighted by Gasteiger charge is 2.18. The average Bonchev–Trinajstić information content (AvgIpc) is 2.40. The maximum atomic E-state index is 13.4. The van der Waals surface area contributed by atoms with Gasteiger partial charge in [-0.2, -0.15) is 0 Å². The first-order chi connectivity index (χ1) is 9.40. The molecule has 0 bridgehead atoms. The maximum Gasteiger partial charge on any atom is 0.173 e. The molecule has 0 amide bonds. The highest BCUT2D eigenvalue weighted by atomic mass is 79.9. The molecule has 1 N–H and O–H groups in total. The molecule has 1 nitrogen and oxygen atoms in total. The number of hydrogen-bond acceptors (Lipinski definition) is 1. The molecule has 0 aliphatic heterocycles. The van der Waals surface area contributed by atoms with Crippen molar-refractivity contribution in [3.63, 3.8) is 0 Å². The van der Waals surface area contributed by atoms with Crippen LogP contribution in [0, 0.1) is 17.5 Å². The highest BCUT2D eigenvalue weighted by Crippen LogP contribution is 2.30. The quantitative estimate of drug-likeness (QED) is 0.775. The summed E-state index contributed by atoms with van der Waals surface area (Å²) in [6.07, 6.45) is -0.968. The average molecular weight is 366 g/mol. The second-order valence-electron chi connectivity index (χ2n) is 4.23. The van der Waals surface area contributed by atoms with Crippen molar-refractivity contribution in [1.29, 1.82) is 0 Å². The summed E-state index contributed by atoms with van der Waals surface area (Å²) in [5.74, 6) is -2.62. The molecule has 0 saturated carbocycles. The van der Waals surface area contributed by atoms with Gasteiger partial charge in [0.25, 0.3) is 0 Å². The lowest BCUT2D eigenvalue weighted by atomic mass is 10.0. The van der Waals surface area contributed by atoms with Crippen LogP contribution in [0.3, 0.4) is 0 Å².